The molecule has 0 spiro atoms. The van der Waals surface area contributed by atoms with E-state index in [4.69, 9.17) is 10.2 Å². The minimum atomic E-state index is 0.644. The van der Waals surface area contributed by atoms with Crippen molar-refractivity contribution < 1.29 is 0 Å². The first-order valence-corrected chi connectivity index (χ1v) is 14.8. The molecule has 0 N–H and O–H groups in total. The maximum Gasteiger partial charge on any atom is 0.0991 e. The van der Waals surface area contributed by atoms with Crippen LogP contribution in [0.5, 0.6) is 0 Å². The monoisotopic (exact) mass is 558 g/mol. The van der Waals surface area contributed by atoms with Gasteiger partial charge in [-0.1, -0.05) is 127 Å². The third-order valence-electron chi connectivity index (χ3n) is 8.59. The van der Waals surface area contributed by atoms with E-state index < -0.39 is 0 Å². The minimum Gasteiger partial charge on any atom is -0.256 e. The molecule has 0 atom stereocenters. The Hall–Kier alpha value is -6.04. The Balaban J connectivity index is 1.47. The number of rotatable bonds is 2. The summed E-state index contributed by atoms with van der Waals surface area (Å²) in [5.74, 6) is 0. The van der Waals surface area contributed by atoms with Crippen LogP contribution in [0.4, 0.5) is 0 Å². The van der Waals surface area contributed by atoms with Gasteiger partial charge in [0.05, 0.1) is 17.3 Å². The van der Waals surface area contributed by atoms with Gasteiger partial charge in [-0.3, -0.25) is 4.98 Å². The summed E-state index contributed by atoms with van der Waals surface area (Å²) < 4.78 is 0. The fourth-order valence-corrected chi connectivity index (χ4v) is 6.44. The van der Waals surface area contributed by atoms with Crippen molar-refractivity contribution in [2.24, 2.45) is 0 Å². The number of nitrogens with zero attached hydrogens (tertiary/aromatic N) is 2. The highest BCUT2D eigenvalue weighted by Crippen LogP contribution is 2.37. The van der Waals surface area contributed by atoms with Gasteiger partial charge in [0, 0.05) is 17.3 Å². The fraction of sp³-hybridized carbons (Fsp3) is 0. The van der Waals surface area contributed by atoms with Gasteiger partial charge >= 0.3 is 0 Å². The Labute approximate surface area is 255 Å². The second kappa shape index (κ2) is 10.7. The molecule has 0 bridgehead atoms. The zero-order chi connectivity index (χ0) is 29.5. The van der Waals surface area contributed by atoms with Gasteiger partial charge in [-0.15, -0.1) is 0 Å². The Bertz CT molecular complexity index is 2410. The van der Waals surface area contributed by atoms with Crippen molar-refractivity contribution in [1.82, 2.24) is 4.98 Å². The summed E-state index contributed by atoms with van der Waals surface area (Å²) >= 11 is 0. The molecule has 44 heavy (non-hydrogen) atoms. The Morgan fingerprint density at radius 1 is 0.364 bits per heavy atom. The lowest BCUT2D eigenvalue weighted by atomic mass is 9.93. The molecule has 0 saturated heterocycles. The van der Waals surface area contributed by atoms with Crippen molar-refractivity contribution in [3.8, 4) is 28.5 Å². The average molecular weight is 559 g/mol. The molecule has 204 valence electrons. The van der Waals surface area contributed by atoms with Crippen molar-refractivity contribution in [3.63, 3.8) is 0 Å². The summed E-state index contributed by atoms with van der Waals surface area (Å²) in [5, 5.41) is 21.3. The van der Waals surface area contributed by atoms with Crippen LogP contribution in [-0.4, -0.2) is 4.98 Å². The van der Waals surface area contributed by atoms with Gasteiger partial charge in [0.25, 0.3) is 0 Å². The number of hydrogen-bond acceptors (Lipinski definition) is 2. The molecule has 8 rings (SSSR count). The van der Waals surface area contributed by atoms with Crippen LogP contribution in [0, 0.1) is 11.3 Å². The maximum atomic E-state index is 9.15. The van der Waals surface area contributed by atoms with Gasteiger partial charge in [0.2, 0.25) is 0 Å². The van der Waals surface area contributed by atoms with E-state index in [0.717, 1.165) is 22.4 Å². The molecule has 0 unspecified atom stereocenters. The molecule has 0 saturated carbocycles. The van der Waals surface area contributed by atoms with Crippen LogP contribution >= 0.6 is 0 Å². The lowest BCUT2D eigenvalue weighted by molar-refractivity contribution is 1.32. The largest absolute Gasteiger partial charge is 0.256 e. The van der Waals surface area contributed by atoms with Crippen molar-refractivity contribution >= 4 is 53.9 Å². The lowest BCUT2D eigenvalue weighted by Crippen LogP contribution is -1.87. The molecule has 0 radical (unpaired) electrons. The molecule has 1 heterocycles. The summed E-state index contributed by atoms with van der Waals surface area (Å²) in [5.41, 5.74) is 4.68. The molecular weight excluding hydrogens is 532 g/mol. The molecule has 0 amide bonds. The highest BCUT2D eigenvalue weighted by atomic mass is 14.7. The first kappa shape index (κ1) is 25.7. The molecule has 2 nitrogen and oxygen atoms in total. The van der Waals surface area contributed by atoms with Gasteiger partial charge in [0.1, 0.15) is 0 Å². The normalized spacial score (nSPS) is 11.2. The predicted molar refractivity (Wildman–Crippen MR) is 185 cm³/mol. The second-order valence-corrected chi connectivity index (χ2v) is 11.1. The maximum absolute atomic E-state index is 9.15. The number of nitriles is 1. The molecule has 8 aromatic rings. The topological polar surface area (TPSA) is 36.7 Å². The van der Waals surface area contributed by atoms with Gasteiger partial charge in [0.15, 0.2) is 0 Å². The molecular formula is C42H26N2. The van der Waals surface area contributed by atoms with E-state index in [-0.39, 0.29) is 0 Å². The van der Waals surface area contributed by atoms with Crippen LogP contribution in [0.3, 0.4) is 0 Å². The third kappa shape index (κ3) is 4.31. The van der Waals surface area contributed by atoms with Crippen LogP contribution in [0.2, 0.25) is 0 Å². The predicted octanol–water partition coefficient (Wildman–Crippen LogP) is 11.2. The molecule has 0 fully saturated rings. The van der Waals surface area contributed by atoms with Crippen LogP contribution in [-0.2, 0) is 0 Å². The van der Waals surface area contributed by atoms with Crippen LogP contribution in [0.25, 0.3) is 76.2 Å². The van der Waals surface area contributed by atoms with Crippen LogP contribution < -0.4 is 0 Å². The van der Waals surface area contributed by atoms with Crippen molar-refractivity contribution in [2.45, 2.75) is 0 Å². The lowest BCUT2D eigenvalue weighted by Gasteiger charge is -2.11. The second-order valence-electron chi connectivity index (χ2n) is 11.1. The van der Waals surface area contributed by atoms with E-state index in [1.165, 1.54) is 53.9 Å². The van der Waals surface area contributed by atoms with Gasteiger partial charge in [-0.25, -0.2) is 0 Å². The highest BCUT2D eigenvalue weighted by molar-refractivity contribution is 6.26. The van der Waals surface area contributed by atoms with Crippen molar-refractivity contribution in [1.29, 1.82) is 5.26 Å². The summed E-state index contributed by atoms with van der Waals surface area (Å²) in [4.78, 5) is 4.81. The summed E-state index contributed by atoms with van der Waals surface area (Å²) in [6, 6.07) is 55.8. The Morgan fingerprint density at radius 2 is 0.750 bits per heavy atom. The molecule has 0 aliphatic rings. The van der Waals surface area contributed by atoms with Crippen LogP contribution in [0.1, 0.15) is 5.56 Å². The van der Waals surface area contributed by atoms with E-state index in [1.54, 1.807) is 0 Å². The number of pyridine rings is 1. The first-order chi connectivity index (χ1) is 21.8. The summed E-state index contributed by atoms with van der Waals surface area (Å²) in [6.45, 7) is 0. The van der Waals surface area contributed by atoms with E-state index in [0.29, 0.717) is 5.56 Å². The van der Waals surface area contributed by atoms with E-state index in [9.17, 15) is 0 Å². The molecule has 2 heteroatoms. The number of aromatic nitrogens is 1. The zero-order valence-corrected chi connectivity index (χ0v) is 23.9. The fourth-order valence-electron chi connectivity index (χ4n) is 6.44. The molecule has 7 aromatic carbocycles. The smallest absolute Gasteiger partial charge is 0.0991 e. The van der Waals surface area contributed by atoms with E-state index in [1.807, 2.05) is 30.5 Å². The third-order valence-corrected chi connectivity index (χ3v) is 8.59. The van der Waals surface area contributed by atoms with Crippen LogP contribution in [0.15, 0.2) is 158 Å². The minimum absolute atomic E-state index is 0.644. The molecule has 1 aromatic heterocycles. The molecule has 0 aliphatic carbocycles. The number of benzene rings is 6. The standard InChI is InChI=1S/C42H26N2/c43-26-28-17-19-29(20-18-28)42-24-22-31(27-44-42)30-21-23-40-38-15-6-5-13-36(38)34-11-2-1-9-32(34)33-10-3-4-12-35(33)37-14-7-8-16-39(37)41(40)25-30/h1-25,27H. The van der Waals surface area contributed by atoms with E-state index in [2.05, 4.69) is 133 Å². The SMILES string of the molecule is N#Cc1ccc(-c2ccc(-c3ccc4c5ccccc5c5ccccc5c5ccccc5c5ccccc5c4c3)cn2)cc1. The molecule has 0 aliphatic heterocycles. The zero-order valence-electron chi connectivity index (χ0n) is 23.9. The first-order valence-electron chi connectivity index (χ1n) is 14.8. The summed E-state index contributed by atoms with van der Waals surface area (Å²) in [7, 11) is 0. The van der Waals surface area contributed by atoms with E-state index >= 15 is 0 Å². The van der Waals surface area contributed by atoms with Gasteiger partial charge in [-0.2, -0.15) is 5.26 Å². The van der Waals surface area contributed by atoms with Gasteiger partial charge < -0.3 is 0 Å². The number of fused-ring (bicyclic) bond motifs is 10. The summed E-state index contributed by atoms with van der Waals surface area (Å²) in [6.07, 6.45) is 1.95. The van der Waals surface area contributed by atoms with Crippen molar-refractivity contribution in [3.05, 3.63) is 163 Å². The Morgan fingerprint density at radius 3 is 1.16 bits per heavy atom. The van der Waals surface area contributed by atoms with Gasteiger partial charge in [-0.05, 0) is 83.7 Å². The number of hydrogen-bond donors (Lipinski definition) is 0. The van der Waals surface area contributed by atoms with Crippen molar-refractivity contribution in [2.75, 3.05) is 0 Å². The highest BCUT2D eigenvalue weighted by Gasteiger charge is 2.10. The quantitative estimate of drug-likeness (QED) is 0.212. The average Bonchev–Trinajstić information content (AvgIpc) is 3.11. The Kier molecular flexibility index (Phi) is 6.21.